The molecule has 0 saturated heterocycles. The van der Waals surface area contributed by atoms with E-state index in [2.05, 4.69) is 43.0 Å². The fourth-order valence-electron chi connectivity index (χ4n) is 1.76. The maximum absolute atomic E-state index is 5.42. The fourth-order valence-corrected chi connectivity index (χ4v) is 1.76. The molecular weight excluding hydrogens is 248 g/mol. The molecule has 0 aliphatic rings. The molecule has 1 aromatic rings. The zero-order valence-corrected chi connectivity index (χ0v) is 12.2. The molecule has 1 rings (SSSR count). The summed E-state index contributed by atoms with van der Waals surface area (Å²) in [5.41, 5.74) is 8.13. The van der Waals surface area contributed by atoms with E-state index in [4.69, 9.17) is 10.5 Å². The molecular formula is C14H25ClN2O. The maximum atomic E-state index is 5.42. The summed E-state index contributed by atoms with van der Waals surface area (Å²) in [6.07, 6.45) is 0. The highest BCUT2D eigenvalue weighted by atomic mass is 35.5. The Morgan fingerprint density at radius 1 is 1.22 bits per heavy atom. The van der Waals surface area contributed by atoms with Gasteiger partial charge in [-0.3, -0.25) is 4.90 Å². The normalized spacial score (nSPS) is 10.4. The molecule has 18 heavy (non-hydrogen) atoms. The molecule has 0 aliphatic heterocycles. The highest BCUT2D eigenvalue weighted by molar-refractivity contribution is 5.85. The molecule has 0 spiro atoms. The number of nitrogens with two attached hydrogens (primary N) is 1. The predicted octanol–water partition coefficient (Wildman–Crippen LogP) is 2.21. The lowest BCUT2D eigenvalue weighted by Crippen LogP contribution is -2.28. The Morgan fingerprint density at radius 3 is 2.56 bits per heavy atom. The van der Waals surface area contributed by atoms with E-state index in [1.54, 1.807) is 0 Å². The van der Waals surface area contributed by atoms with Crippen molar-refractivity contribution in [3.05, 3.63) is 35.4 Å². The van der Waals surface area contributed by atoms with Gasteiger partial charge in [0.05, 0.1) is 13.2 Å². The molecule has 4 heteroatoms. The van der Waals surface area contributed by atoms with Crippen molar-refractivity contribution in [2.24, 2.45) is 5.73 Å². The van der Waals surface area contributed by atoms with Gasteiger partial charge in [0.1, 0.15) is 0 Å². The standard InChI is InChI=1S/C14H24N2O.ClH/c1-3-16(9-11-17-10-8-15)12-14-7-5-4-6-13(14)2;/h4-7H,3,8-12,15H2,1-2H3;1H. The number of benzene rings is 1. The summed E-state index contributed by atoms with van der Waals surface area (Å²) >= 11 is 0. The third-order valence-electron chi connectivity index (χ3n) is 2.92. The quantitative estimate of drug-likeness (QED) is 0.738. The van der Waals surface area contributed by atoms with Crippen LogP contribution in [-0.4, -0.2) is 37.7 Å². The number of likely N-dealkylation sites (N-methyl/N-ethyl adjacent to an activating group) is 1. The van der Waals surface area contributed by atoms with E-state index in [1.165, 1.54) is 11.1 Å². The summed E-state index contributed by atoms with van der Waals surface area (Å²) in [5.74, 6) is 0. The van der Waals surface area contributed by atoms with E-state index >= 15 is 0 Å². The third kappa shape index (κ3) is 6.36. The van der Waals surface area contributed by atoms with Gasteiger partial charge in [-0.15, -0.1) is 12.4 Å². The van der Waals surface area contributed by atoms with Crippen LogP contribution in [0.15, 0.2) is 24.3 Å². The molecule has 0 fully saturated rings. The second-order valence-corrected chi connectivity index (χ2v) is 4.20. The first-order chi connectivity index (χ1) is 8.27. The second kappa shape index (κ2) is 10.3. The number of hydrogen-bond donors (Lipinski definition) is 1. The van der Waals surface area contributed by atoms with Gasteiger partial charge in [-0.25, -0.2) is 0 Å². The molecule has 0 aromatic heterocycles. The molecule has 2 N–H and O–H groups in total. The second-order valence-electron chi connectivity index (χ2n) is 4.20. The van der Waals surface area contributed by atoms with Crippen LogP contribution in [0.3, 0.4) is 0 Å². The van der Waals surface area contributed by atoms with Gasteiger partial charge in [-0.2, -0.15) is 0 Å². The van der Waals surface area contributed by atoms with Gasteiger partial charge in [-0.1, -0.05) is 31.2 Å². The van der Waals surface area contributed by atoms with E-state index in [9.17, 15) is 0 Å². The largest absolute Gasteiger partial charge is 0.379 e. The molecule has 0 unspecified atom stereocenters. The average Bonchev–Trinajstić information content (AvgIpc) is 2.35. The lowest BCUT2D eigenvalue weighted by Gasteiger charge is -2.21. The SMILES string of the molecule is CCN(CCOCCN)Cc1ccccc1C.Cl. The van der Waals surface area contributed by atoms with Crippen molar-refractivity contribution in [2.75, 3.05) is 32.8 Å². The number of halogens is 1. The van der Waals surface area contributed by atoms with Gasteiger partial charge in [0.2, 0.25) is 0 Å². The van der Waals surface area contributed by atoms with Crippen molar-refractivity contribution >= 4 is 12.4 Å². The smallest absolute Gasteiger partial charge is 0.0594 e. The number of aryl methyl sites for hydroxylation is 1. The van der Waals surface area contributed by atoms with Gasteiger partial charge >= 0.3 is 0 Å². The topological polar surface area (TPSA) is 38.5 Å². The fraction of sp³-hybridized carbons (Fsp3) is 0.571. The Kier molecular flexibility index (Phi) is 9.98. The molecule has 0 atom stereocenters. The Labute approximate surface area is 117 Å². The Hall–Kier alpha value is -0.610. The van der Waals surface area contributed by atoms with Crippen LogP contribution in [0.25, 0.3) is 0 Å². The lowest BCUT2D eigenvalue weighted by atomic mass is 10.1. The zero-order chi connectivity index (χ0) is 12.5. The Balaban J connectivity index is 0.00000289. The predicted molar refractivity (Wildman–Crippen MR) is 79.3 cm³/mol. The molecule has 0 amide bonds. The van der Waals surface area contributed by atoms with Crippen molar-refractivity contribution in [1.29, 1.82) is 0 Å². The number of hydrogen-bond acceptors (Lipinski definition) is 3. The molecule has 3 nitrogen and oxygen atoms in total. The van der Waals surface area contributed by atoms with Crippen LogP contribution in [-0.2, 0) is 11.3 Å². The van der Waals surface area contributed by atoms with Crippen LogP contribution in [0.4, 0.5) is 0 Å². The van der Waals surface area contributed by atoms with Crippen LogP contribution in [0.1, 0.15) is 18.1 Å². The summed E-state index contributed by atoms with van der Waals surface area (Å²) < 4.78 is 5.42. The van der Waals surface area contributed by atoms with Crippen LogP contribution in [0.2, 0.25) is 0 Å². The summed E-state index contributed by atoms with van der Waals surface area (Å²) in [5, 5.41) is 0. The molecule has 104 valence electrons. The zero-order valence-electron chi connectivity index (χ0n) is 11.4. The monoisotopic (exact) mass is 272 g/mol. The molecule has 0 radical (unpaired) electrons. The first kappa shape index (κ1) is 17.4. The minimum Gasteiger partial charge on any atom is -0.379 e. The first-order valence-electron chi connectivity index (χ1n) is 6.32. The van der Waals surface area contributed by atoms with Crippen LogP contribution >= 0.6 is 12.4 Å². The number of ether oxygens (including phenoxy) is 1. The van der Waals surface area contributed by atoms with Gasteiger partial charge in [0.25, 0.3) is 0 Å². The third-order valence-corrected chi connectivity index (χ3v) is 2.92. The summed E-state index contributed by atoms with van der Waals surface area (Å²) in [7, 11) is 0. The number of rotatable bonds is 8. The maximum Gasteiger partial charge on any atom is 0.0594 e. The van der Waals surface area contributed by atoms with E-state index < -0.39 is 0 Å². The van der Waals surface area contributed by atoms with Crippen molar-refractivity contribution in [3.63, 3.8) is 0 Å². The van der Waals surface area contributed by atoms with Crippen LogP contribution < -0.4 is 5.73 Å². The number of nitrogens with zero attached hydrogens (tertiary/aromatic N) is 1. The van der Waals surface area contributed by atoms with E-state index in [1.807, 2.05) is 0 Å². The van der Waals surface area contributed by atoms with Crippen molar-refractivity contribution in [3.8, 4) is 0 Å². The Bertz CT molecular complexity index is 320. The van der Waals surface area contributed by atoms with E-state index in [-0.39, 0.29) is 12.4 Å². The van der Waals surface area contributed by atoms with Gasteiger partial charge < -0.3 is 10.5 Å². The Morgan fingerprint density at radius 2 is 1.94 bits per heavy atom. The minimum atomic E-state index is 0. The minimum absolute atomic E-state index is 0. The first-order valence-corrected chi connectivity index (χ1v) is 6.32. The van der Waals surface area contributed by atoms with Crippen molar-refractivity contribution in [1.82, 2.24) is 4.90 Å². The molecule has 0 heterocycles. The molecule has 0 saturated carbocycles. The summed E-state index contributed by atoms with van der Waals surface area (Å²) in [4.78, 5) is 2.39. The molecule has 0 bridgehead atoms. The van der Waals surface area contributed by atoms with Gasteiger partial charge in [0, 0.05) is 19.6 Å². The summed E-state index contributed by atoms with van der Waals surface area (Å²) in [6.45, 7) is 9.36. The highest BCUT2D eigenvalue weighted by Gasteiger charge is 2.05. The van der Waals surface area contributed by atoms with Crippen molar-refractivity contribution < 1.29 is 4.74 Å². The van der Waals surface area contributed by atoms with E-state index in [0.717, 1.165) is 26.2 Å². The molecule has 1 aromatic carbocycles. The van der Waals surface area contributed by atoms with Gasteiger partial charge in [-0.05, 0) is 24.6 Å². The van der Waals surface area contributed by atoms with Gasteiger partial charge in [0.15, 0.2) is 0 Å². The van der Waals surface area contributed by atoms with E-state index in [0.29, 0.717) is 13.2 Å². The highest BCUT2D eigenvalue weighted by Crippen LogP contribution is 2.09. The van der Waals surface area contributed by atoms with Crippen LogP contribution in [0.5, 0.6) is 0 Å². The van der Waals surface area contributed by atoms with Crippen molar-refractivity contribution in [2.45, 2.75) is 20.4 Å². The average molecular weight is 273 g/mol. The molecule has 0 aliphatic carbocycles. The lowest BCUT2D eigenvalue weighted by molar-refractivity contribution is 0.108. The summed E-state index contributed by atoms with van der Waals surface area (Å²) in [6, 6.07) is 8.54. The van der Waals surface area contributed by atoms with Crippen LogP contribution in [0, 0.1) is 6.92 Å².